The Morgan fingerprint density at radius 1 is 0.370 bits per heavy atom. The fourth-order valence-corrected chi connectivity index (χ4v) is 7.01. The predicted molar refractivity (Wildman–Crippen MR) is 240 cm³/mol. The first-order valence-corrected chi connectivity index (χ1v) is 23.4. The molecule has 0 radical (unpaired) electrons. The Bertz CT molecular complexity index is 777. The van der Waals surface area contributed by atoms with Crippen molar-refractivity contribution >= 4 is 0 Å². The Kier molecular flexibility index (Phi) is 43.4. The van der Waals surface area contributed by atoms with E-state index in [0.717, 1.165) is 51.9 Å². The third-order valence-corrected chi connectivity index (χ3v) is 10.5. The number of hydrogen-bond donors (Lipinski definition) is 4. The molecule has 0 aliphatic carbocycles. The van der Waals surface area contributed by atoms with E-state index in [0.29, 0.717) is 26.2 Å². The molecule has 54 heavy (non-hydrogen) atoms. The quantitative estimate of drug-likeness (QED) is 0.0365. The first-order chi connectivity index (χ1) is 26.6. The van der Waals surface area contributed by atoms with Crippen molar-refractivity contribution in [2.24, 2.45) is 11.5 Å². The van der Waals surface area contributed by atoms with Gasteiger partial charge in [-0.15, -0.1) is 0 Å². The summed E-state index contributed by atoms with van der Waals surface area (Å²) >= 11 is 0. The van der Waals surface area contributed by atoms with Gasteiger partial charge in [0.15, 0.2) is 0 Å². The van der Waals surface area contributed by atoms with Gasteiger partial charge in [-0.2, -0.15) is 0 Å². The van der Waals surface area contributed by atoms with Crippen molar-refractivity contribution in [1.29, 1.82) is 0 Å². The molecule has 0 heterocycles. The molecule has 0 rings (SSSR count). The van der Waals surface area contributed by atoms with Crippen LogP contribution in [0.5, 0.6) is 0 Å². The maximum absolute atomic E-state index is 10.3. The topological polar surface area (TPSA) is 99.0 Å². The number of nitrogens with zero attached hydrogens (tertiary/aromatic N) is 2. The van der Waals surface area contributed by atoms with E-state index in [1.54, 1.807) is 0 Å². The second-order valence-electron chi connectivity index (χ2n) is 16.0. The highest BCUT2D eigenvalue weighted by atomic mass is 16.3. The highest BCUT2D eigenvalue weighted by Crippen LogP contribution is 2.12. The SMILES string of the molecule is CCCCC/C=C\C/C=C/CCCCCCCCN(CCCCCCN(CCCCCCCC/C=C/C/C=C\CCCCC)CC(O)CN)CC(O)CN. The number of allylic oxidation sites excluding steroid dienone is 8. The fourth-order valence-electron chi connectivity index (χ4n) is 7.01. The van der Waals surface area contributed by atoms with Gasteiger partial charge in [0, 0.05) is 26.2 Å². The Labute approximate surface area is 337 Å². The van der Waals surface area contributed by atoms with Gasteiger partial charge in [0.25, 0.3) is 0 Å². The van der Waals surface area contributed by atoms with E-state index in [4.69, 9.17) is 11.5 Å². The minimum absolute atomic E-state index is 0.333. The zero-order chi connectivity index (χ0) is 39.4. The molecule has 318 valence electrons. The van der Waals surface area contributed by atoms with Gasteiger partial charge in [-0.05, 0) is 116 Å². The van der Waals surface area contributed by atoms with E-state index in [9.17, 15) is 10.2 Å². The van der Waals surface area contributed by atoms with Gasteiger partial charge in [-0.25, -0.2) is 0 Å². The minimum atomic E-state index is -0.434. The van der Waals surface area contributed by atoms with Gasteiger partial charge in [0.2, 0.25) is 0 Å². The standard InChI is InChI=1S/C48H94N4O2/c1-3-5-7-9-11-13-15-17-19-21-23-25-27-29-31-35-39-51(45-47(53)43-49)41-37-33-34-38-42-52(46-48(54)44-50)40-36-32-30-28-26-24-22-20-18-16-14-12-10-8-6-4-2/h11-14,17-20,47-48,53-54H,3-10,15-16,21-46,49-50H2,1-2H3/b13-11-,14-12-,19-17+,20-18+. The predicted octanol–water partition coefficient (Wildman–Crippen LogP) is 11.4. The smallest absolute Gasteiger partial charge is 0.0789 e. The Balaban J connectivity index is 4.06. The summed E-state index contributed by atoms with van der Waals surface area (Å²) < 4.78 is 0. The van der Waals surface area contributed by atoms with E-state index in [1.165, 1.54) is 154 Å². The normalized spacial score (nSPS) is 13.7. The van der Waals surface area contributed by atoms with Gasteiger partial charge in [-0.3, -0.25) is 0 Å². The monoisotopic (exact) mass is 759 g/mol. The van der Waals surface area contributed by atoms with Crippen molar-refractivity contribution in [3.05, 3.63) is 48.6 Å². The van der Waals surface area contributed by atoms with Crippen molar-refractivity contribution in [2.45, 2.75) is 206 Å². The lowest BCUT2D eigenvalue weighted by atomic mass is 10.1. The lowest BCUT2D eigenvalue weighted by Crippen LogP contribution is -2.38. The van der Waals surface area contributed by atoms with Gasteiger partial charge < -0.3 is 31.5 Å². The Hall–Kier alpha value is -1.28. The van der Waals surface area contributed by atoms with Crippen LogP contribution in [0.25, 0.3) is 0 Å². The van der Waals surface area contributed by atoms with Crippen molar-refractivity contribution in [3.63, 3.8) is 0 Å². The number of aliphatic hydroxyl groups excluding tert-OH is 2. The van der Waals surface area contributed by atoms with Crippen molar-refractivity contribution in [2.75, 3.05) is 52.4 Å². The zero-order valence-corrected chi connectivity index (χ0v) is 36.2. The second-order valence-corrected chi connectivity index (χ2v) is 16.0. The summed E-state index contributed by atoms with van der Waals surface area (Å²) in [7, 11) is 0. The van der Waals surface area contributed by atoms with E-state index in [2.05, 4.69) is 72.3 Å². The zero-order valence-electron chi connectivity index (χ0n) is 36.2. The highest BCUT2D eigenvalue weighted by molar-refractivity contribution is 4.93. The van der Waals surface area contributed by atoms with E-state index < -0.39 is 12.2 Å². The molecule has 0 spiro atoms. The first-order valence-electron chi connectivity index (χ1n) is 23.4. The highest BCUT2D eigenvalue weighted by Gasteiger charge is 2.12. The Morgan fingerprint density at radius 3 is 0.907 bits per heavy atom. The molecule has 0 fully saturated rings. The molecule has 0 aliphatic rings. The maximum Gasteiger partial charge on any atom is 0.0789 e. The number of hydrogen-bond acceptors (Lipinski definition) is 6. The van der Waals surface area contributed by atoms with E-state index in [-0.39, 0.29) is 0 Å². The van der Waals surface area contributed by atoms with Gasteiger partial charge in [-0.1, -0.05) is 152 Å². The van der Waals surface area contributed by atoms with Crippen LogP contribution >= 0.6 is 0 Å². The molecule has 0 saturated heterocycles. The molecule has 2 atom stereocenters. The van der Waals surface area contributed by atoms with Crippen LogP contribution < -0.4 is 11.5 Å². The van der Waals surface area contributed by atoms with E-state index in [1.807, 2.05) is 0 Å². The largest absolute Gasteiger partial charge is 0.390 e. The molecule has 2 unspecified atom stereocenters. The van der Waals surface area contributed by atoms with Crippen LogP contribution in [0.4, 0.5) is 0 Å². The third-order valence-electron chi connectivity index (χ3n) is 10.5. The summed E-state index contributed by atoms with van der Waals surface area (Å²) in [6, 6.07) is 0. The van der Waals surface area contributed by atoms with Crippen LogP contribution in [0.1, 0.15) is 194 Å². The molecular formula is C48H94N4O2. The lowest BCUT2D eigenvalue weighted by molar-refractivity contribution is 0.113. The maximum atomic E-state index is 10.3. The summed E-state index contributed by atoms with van der Waals surface area (Å²) in [6.07, 6.45) is 53.0. The summed E-state index contributed by atoms with van der Waals surface area (Å²) in [5.41, 5.74) is 11.5. The summed E-state index contributed by atoms with van der Waals surface area (Å²) in [6.45, 7) is 10.8. The van der Waals surface area contributed by atoms with Crippen molar-refractivity contribution < 1.29 is 10.2 Å². The average molecular weight is 759 g/mol. The fraction of sp³-hybridized carbons (Fsp3) is 0.833. The van der Waals surface area contributed by atoms with Crippen LogP contribution in [-0.4, -0.2) is 84.6 Å². The Morgan fingerprint density at radius 2 is 0.630 bits per heavy atom. The summed E-state index contributed by atoms with van der Waals surface area (Å²) in [5.74, 6) is 0. The van der Waals surface area contributed by atoms with Crippen molar-refractivity contribution in [3.8, 4) is 0 Å². The molecule has 0 aromatic rings. The number of aliphatic hydroxyl groups is 2. The number of nitrogens with two attached hydrogens (primary N) is 2. The minimum Gasteiger partial charge on any atom is -0.390 e. The number of rotatable bonds is 43. The molecule has 6 nitrogen and oxygen atoms in total. The first kappa shape index (κ1) is 52.7. The summed E-state index contributed by atoms with van der Waals surface area (Å²) in [4.78, 5) is 4.88. The van der Waals surface area contributed by atoms with Gasteiger partial charge in [0.1, 0.15) is 0 Å². The van der Waals surface area contributed by atoms with Crippen molar-refractivity contribution in [1.82, 2.24) is 9.80 Å². The van der Waals surface area contributed by atoms with Crippen LogP contribution in [0.15, 0.2) is 48.6 Å². The summed E-state index contributed by atoms with van der Waals surface area (Å²) in [5, 5.41) is 20.5. The second kappa shape index (κ2) is 44.4. The molecule has 0 bridgehead atoms. The van der Waals surface area contributed by atoms with E-state index >= 15 is 0 Å². The molecule has 0 aromatic carbocycles. The third kappa shape index (κ3) is 40.4. The molecule has 0 aromatic heterocycles. The number of unbranched alkanes of at least 4 members (excludes halogenated alkanes) is 21. The molecule has 0 amide bonds. The van der Waals surface area contributed by atoms with Gasteiger partial charge in [0.05, 0.1) is 12.2 Å². The van der Waals surface area contributed by atoms with Crippen LogP contribution in [0.3, 0.4) is 0 Å². The average Bonchev–Trinajstić information content (AvgIpc) is 3.18. The molecule has 6 N–H and O–H groups in total. The molecule has 6 heteroatoms. The van der Waals surface area contributed by atoms with Crippen LogP contribution in [0.2, 0.25) is 0 Å². The molecule has 0 aliphatic heterocycles. The molecule has 0 saturated carbocycles. The van der Waals surface area contributed by atoms with Crippen LogP contribution in [0, 0.1) is 0 Å². The lowest BCUT2D eigenvalue weighted by Gasteiger charge is -2.25. The van der Waals surface area contributed by atoms with Crippen LogP contribution in [-0.2, 0) is 0 Å². The molecular weight excluding hydrogens is 665 g/mol. The van der Waals surface area contributed by atoms with Gasteiger partial charge >= 0.3 is 0 Å².